The Bertz CT molecular complexity index is 221. The van der Waals surface area contributed by atoms with Crippen LogP contribution in [0.25, 0.3) is 0 Å². The summed E-state index contributed by atoms with van der Waals surface area (Å²) in [6.07, 6.45) is 2.85. The third kappa shape index (κ3) is 4.10. The molecule has 1 heterocycles. The summed E-state index contributed by atoms with van der Waals surface area (Å²) in [5.41, 5.74) is 0. The number of carbonyl (C=O) groups is 1. The second-order valence-electron chi connectivity index (χ2n) is 4.68. The highest BCUT2D eigenvalue weighted by Crippen LogP contribution is 2.18. The van der Waals surface area contributed by atoms with Crippen molar-refractivity contribution in [2.45, 2.75) is 32.2 Å². The van der Waals surface area contributed by atoms with Gasteiger partial charge in [-0.15, -0.1) is 0 Å². The van der Waals surface area contributed by atoms with Gasteiger partial charge in [0.1, 0.15) is 0 Å². The van der Waals surface area contributed by atoms with Gasteiger partial charge in [0.05, 0.1) is 0 Å². The van der Waals surface area contributed by atoms with Gasteiger partial charge in [-0.3, -0.25) is 4.79 Å². The first kappa shape index (κ1) is 13.5. The maximum Gasteiger partial charge on any atom is 0.225 e. The van der Waals surface area contributed by atoms with Crippen LogP contribution < -0.4 is 5.32 Å². The lowest BCUT2D eigenvalue weighted by Crippen LogP contribution is -2.43. The van der Waals surface area contributed by atoms with Crippen LogP contribution in [0, 0.1) is 5.92 Å². The molecule has 1 amide bonds. The van der Waals surface area contributed by atoms with Crippen LogP contribution in [-0.2, 0) is 9.53 Å². The number of methoxy groups -OCH3 is 1. The monoisotopic (exact) mass is 228 g/mol. The van der Waals surface area contributed by atoms with Crippen molar-refractivity contribution in [3.63, 3.8) is 0 Å². The van der Waals surface area contributed by atoms with E-state index in [0.717, 1.165) is 39.0 Å². The van der Waals surface area contributed by atoms with Crippen LogP contribution in [0.4, 0.5) is 0 Å². The molecular formula is C12H24N2O2. The summed E-state index contributed by atoms with van der Waals surface area (Å²) < 4.78 is 4.99. The van der Waals surface area contributed by atoms with Crippen molar-refractivity contribution in [2.24, 2.45) is 5.92 Å². The van der Waals surface area contributed by atoms with Crippen molar-refractivity contribution in [1.82, 2.24) is 10.2 Å². The molecule has 0 saturated carbocycles. The summed E-state index contributed by atoms with van der Waals surface area (Å²) in [6.45, 7) is 4.62. The summed E-state index contributed by atoms with van der Waals surface area (Å²) >= 11 is 0. The third-order valence-corrected chi connectivity index (χ3v) is 3.19. The van der Waals surface area contributed by atoms with Crippen molar-refractivity contribution in [3.05, 3.63) is 0 Å². The fourth-order valence-corrected chi connectivity index (χ4v) is 2.22. The number of rotatable bonds is 5. The lowest BCUT2D eigenvalue weighted by atomic mass is 9.92. The van der Waals surface area contributed by atoms with E-state index in [9.17, 15) is 4.79 Å². The molecule has 1 N–H and O–H groups in total. The van der Waals surface area contributed by atoms with Crippen LogP contribution in [0.3, 0.4) is 0 Å². The smallest absolute Gasteiger partial charge is 0.225 e. The van der Waals surface area contributed by atoms with Crippen molar-refractivity contribution in [2.75, 3.05) is 33.9 Å². The van der Waals surface area contributed by atoms with Gasteiger partial charge >= 0.3 is 0 Å². The first-order chi connectivity index (χ1) is 7.65. The van der Waals surface area contributed by atoms with Crippen molar-refractivity contribution < 1.29 is 9.53 Å². The summed E-state index contributed by atoms with van der Waals surface area (Å²) in [5.74, 6) is 0.508. The molecule has 0 radical (unpaired) electrons. The average molecular weight is 228 g/mol. The van der Waals surface area contributed by atoms with E-state index < -0.39 is 0 Å². The van der Waals surface area contributed by atoms with Gasteiger partial charge in [0, 0.05) is 39.3 Å². The van der Waals surface area contributed by atoms with Gasteiger partial charge in [-0.25, -0.2) is 0 Å². The Morgan fingerprint density at radius 3 is 2.94 bits per heavy atom. The number of nitrogens with one attached hydrogen (secondary N) is 1. The number of hydrogen-bond donors (Lipinski definition) is 1. The second kappa shape index (κ2) is 6.86. The predicted molar refractivity (Wildman–Crippen MR) is 64.3 cm³/mol. The number of ether oxygens (including phenoxy) is 1. The fourth-order valence-electron chi connectivity index (χ4n) is 2.22. The van der Waals surface area contributed by atoms with Crippen LogP contribution in [0.15, 0.2) is 0 Å². The molecule has 0 aromatic carbocycles. The second-order valence-corrected chi connectivity index (χ2v) is 4.68. The fraction of sp³-hybridized carbons (Fsp3) is 0.917. The Morgan fingerprint density at radius 1 is 1.56 bits per heavy atom. The number of carbonyl (C=O) groups excluding carboxylic acids is 1. The van der Waals surface area contributed by atoms with Gasteiger partial charge in [-0.1, -0.05) is 0 Å². The molecule has 1 aliphatic heterocycles. The van der Waals surface area contributed by atoms with E-state index >= 15 is 0 Å². The third-order valence-electron chi connectivity index (χ3n) is 3.19. The molecular weight excluding hydrogens is 204 g/mol. The lowest BCUT2D eigenvalue weighted by molar-refractivity contribution is -0.135. The number of piperidine rings is 1. The van der Waals surface area contributed by atoms with Gasteiger partial charge in [-0.2, -0.15) is 0 Å². The van der Waals surface area contributed by atoms with Crippen LogP contribution in [0.1, 0.15) is 26.2 Å². The van der Waals surface area contributed by atoms with Gasteiger partial charge in [0.15, 0.2) is 0 Å². The maximum absolute atomic E-state index is 12.1. The van der Waals surface area contributed by atoms with Crippen LogP contribution in [0.5, 0.6) is 0 Å². The van der Waals surface area contributed by atoms with Crippen LogP contribution >= 0.6 is 0 Å². The van der Waals surface area contributed by atoms with E-state index in [2.05, 4.69) is 12.2 Å². The zero-order chi connectivity index (χ0) is 12.0. The Morgan fingerprint density at radius 2 is 2.31 bits per heavy atom. The predicted octanol–water partition coefficient (Wildman–Crippen LogP) is 0.869. The average Bonchev–Trinajstić information content (AvgIpc) is 2.28. The molecule has 0 bridgehead atoms. The van der Waals surface area contributed by atoms with E-state index in [1.807, 2.05) is 11.9 Å². The Balaban J connectivity index is 2.31. The minimum Gasteiger partial charge on any atom is -0.385 e. The van der Waals surface area contributed by atoms with Gasteiger partial charge < -0.3 is 15.0 Å². The first-order valence-corrected chi connectivity index (χ1v) is 6.12. The minimum atomic E-state index is 0.212. The Labute approximate surface area is 98.3 Å². The summed E-state index contributed by atoms with van der Waals surface area (Å²) in [4.78, 5) is 13.9. The molecule has 16 heavy (non-hydrogen) atoms. The van der Waals surface area contributed by atoms with E-state index in [0.29, 0.717) is 11.9 Å². The van der Waals surface area contributed by atoms with Gasteiger partial charge in [-0.05, 0) is 32.7 Å². The Hall–Kier alpha value is -0.610. The highest BCUT2D eigenvalue weighted by molar-refractivity contribution is 5.78. The van der Waals surface area contributed by atoms with Gasteiger partial charge in [0.25, 0.3) is 0 Å². The highest BCUT2D eigenvalue weighted by atomic mass is 16.5. The maximum atomic E-state index is 12.1. The Kier molecular flexibility index (Phi) is 5.77. The molecule has 0 aromatic heterocycles. The van der Waals surface area contributed by atoms with E-state index in [-0.39, 0.29) is 5.92 Å². The van der Waals surface area contributed by atoms with E-state index in [4.69, 9.17) is 4.74 Å². The highest BCUT2D eigenvalue weighted by Gasteiger charge is 2.26. The topological polar surface area (TPSA) is 41.6 Å². The molecule has 0 aromatic rings. The number of amides is 1. The number of hydrogen-bond acceptors (Lipinski definition) is 3. The summed E-state index contributed by atoms with van der Waals surface area (Å²) in [7, 11) is 3.58. The van der Waals surface area contributed by atoms with E-state index in [1.54, 1.807) is 7.11 Å². The first-order valence-electron chi connectivity index (χ1n) is 6.12. The lowest BCUT2D eigenvalue weighted by Gasteiger charge is -2.30. The molecule has 0 unspecified atom stereocenters. The summed E-state index contributed by atoms with van der Waals surface area (Å²) in [6, 6.07) is 0.468. The minimum absolute atomic E-state index is 0.212. The molecule has 0 aliphatic carbocycles. The zero-order valence-corrected chi connectivity index (χ0v) is 10.7. The van der Waals surface area contributed by atoms with Crippen molar-refractivity contribution in [1.29, 1.82) is 0 Å². The van der Waals surface area contributed by atoms with Crippen molar-refractivity contribution in [3.8, 4) is 0 Å². The molecule has 1 saturated heterocycles. The number of nitrogens with zero attached hydrogens (tertiary/aromatic N) is 1. The normalized spacial score (nSPS) is 25.4. The molecule has 4 nitrogen and oxygen atoms in total. The molecule has 1 aliphatic rings. The molecule has 2 atom stereocenters. The van der Waals surface area contributed by atoms with Crippen molar-refractivity contribution >= 4 is 5.91 Å². The molecule has 0 spiro atoms. The largest absolute Gasteiger partial charge is 0.385 e. The van der Waals surface area contributed by atoms with Gasteiger partial charge in [0.2, 0.25) is 5.91 Å². The SMILES string of the molecule is COCCCN(C)C(=O)[C@H]1CCN[C@@H](C)C1. The van der Waals surface area contributed by atoms with E-state index in [1.165, 1.54) is 0 Å². The standard InChI is InChI=1S/C12H24N2O2/c1-10-9-11(5-6-13-10)12(15)14(2)7-4-8-16-3/h10-11,13H,4-9H2,1-3H3/t10-,11-/m0/s1. The van der Waals surface area contributed by atoms with Crippen LogP contribution in [0.2, 0.25) is 0 Å². The molecule has 94 valence electrons. The zero-order valence-electron chi connectivity index (χ0n) is 10.7. The quantitative estimate of drug-likeness (QED) is 0.710. The summed E-state index contributed by atoms with van der Waals surface area (Å²) in [5, 5.41) is 3.37. The van der Waals surface area contributed by atoms with Crippen LogP contribution in [-0.4, -0.2) is 50.7 Å². The molecule has 1 fully saturated rings. The molecule has 1 rings (SSSR count). The molecule has 4 heteroatoms.